The highest BCUT2D eigenvalue weighted by Crippen LogP contribution is 2.17. The fourth-order valence-electron chi connectivity index (χ4n) is 1.48. The fourth-order valence-corrected chi connectivity index (χ4v) is 2.65. The van der Waals surface area contributed by atoms with Gasteiger partial charge < -0.3 is 10.1 Å². The van der Waals surface area contributed by atoms with Crippen LogP contribution in [0.4, 0.5) is 0 Å². The normalized spacial score (nSPS) is 26.0. The maximum Gasteiger partial charge on any atom is 0.0615 e. The van der Waals surface area contributed by atoms with Gasteiger partial charge in [-0.25, -0.2) is 0 Å². The number of hydrogen-bond donors (Lipinski definition) is 1. The van der Waals surface area contributed by atoms with Gasteiger partial charge in [0.05, 0.1) is 6.61 Å². The lowest BCUT2D eigenvalue weighted by molar-refractivity contribution is 0.160. The zero-order valence-corrected chi connectivity index (χ0v) is 8.82. The Morgan fingerprint density at radius 2 is 2.50 bits per heavy atom. The van der Waals surface area contributed by atoms with Crippen molar-refractivity contribution in [3.8, 4) is 0 Å². The van der Waals surface area contributed by atoms with Crippen molar-refractivity contribution in [3.05, 3.63) is 0 Å². The van der Waals surface area contributed by atoms with Crippen LogP contribution in [-0.4, -0.2) is 37.3 Å². The molecule has 0 aromatic rings. The Kier molecular flexibility index (Phi) is 5.04. The average Bonchev–Trinajstić information content (AvgIpc) is 2.56. The van der Waals surface area contributed by atoms with Gasteiger partial charge in [0.25, 0.3) is 0 Å². The summed E-state index contributed by atoms with van der Waals surface area (Å²) in [4.78, 5) is 0. The Morgan fingerprint density at radius 1 is 1.67 bits per heavy atom. The van der Waals surface area contributed by atoms with Crippen LogP contribution in [-0.2, 0) is 4.74 Å². The lowest BCUT2D eigenvalue weighted by Crippen LogP contribution is -2.40. The molecule has 1 fully saturated rings. The van der Waals surface area contributed by atoms with Gasteiger partial charge >= 0.3 is 0 Å². The lowest BCUT2D eigenvalue weighted by atomic mass is 10.2. The maximum atomic E-state index is 5.14. The van der Waals surface area contributed by atoms with Crippen LogP contribution in [0, 0.1) is 0 Å². The quantitative estimate of drug-likeness (QED) is 0.708. The van der Waals surface area contributed by atoms with Crippen molar-refractivity contribution < 1.29 is 4.74 Å². The van der Waals surface area contributed by atoms with Crippen LogP contribution in [0.1, 0.15) is 19.8 Å². The lowest BCUT2D eigenvalue weighted by Gasteiger charge is -2.20. The molecule has 0 bridgehead atoms. The van der Waals surface area contributed by atoms with Gasteiger partial charge in [-0.15, -0.1) is 0 Å². The predicted molar refractivity (Wildman–Crippen MR) is 54.8 cm³/mol. The molecule has 1 aliphatic rings. The van der Waals surface area contributed by atoms with E-state index in [-0.39, 0.29) is 0 Å². The maximum absolute atomic E-state index is 5.14. The number of nitrogens with one attached hydrogen (secondary N) is 1. The molecule has 72 valence electrons. The zero-order chi connectivity index (χ0) is 8.81. The number of thioether (sulfide) groups is 1. The molecule has 1 N–H and O–H groups in total. The van der Waals surface area contributed by atoms with Gasteiger partial charge in [0.15, 0.2) is 0 Å². The molecule has 2 atom stereocenters. The van der Waals surface area contributed by atoms with Crippen LogP contribution in [0.2, 0.25) is 0 Å². The summed E-state index contributed by atoms with van der Waals surface area (Å²) in [5, 5.41) is 3.62. The van der Waals surface area contributed by atoms with Gasteiger partial charge in [0.2, 0.25) is 0 Å². The van der Waals surface area contributed by atoms with E-state index in [2.05, 4.69) is 12.2 Å². The van der Waals surface area contributed by atoms with E-state index in [0.29, 0.717) is 6.04 Å². The molecule has 0 saturated carbocycles. The van der Waals surface area contributed by atoms with Crippen LogP contribution in [0.3, 0.4) is 0 Å². The Hall–Kier alpha value is 0.270. The number of hydrogen-bond acceptors (Lipinski definition) is 3. The van der Waals surface area contributed by atoms with Gasteiger partial charge in [0.1, 0.15) is 0 Å². The summed E-state index contributed by atoms with van der Waals surface area (Å²) in [5.41, 5.74) is 0. The van der Waals surface area contributed by atoms with Crippen molar-refractivity contribution in [3.63, 3.8) is 0 Å². The standard InChI is InChI=1S/C9H19NOS/c1-3-8(6-11-2)10-9-4-5-12-7-9/h8-10H,3-7H2,1-2H3/t8-,9-/m1/s1. The molecule has 1 heterocycles. The summed E-state index contributed by atoms with van der Waals surface area (Å²) in [7, 11) is 1.77. The minimum Gasteiger partial charge on any atom is -0.383 e. The summed E-state index contributed by atoms with van der Waals surface area (Å²) >= 11 is 2.05. The van der Waals surface area contributed by atoms with Crippen molar-refractivity contribution in [1.82, 2.24) is 5.32 Å². The van der Waals surface area contributed by atoms with Crippen molar-refractivity contribution >= 4 is 11.8 Å². The van der Waals surface area contributed by atoms with Crippen molar-refractivity contribution in [2.24, 2.45) is 0 Å². The van der Waals surface area contributed by atoms with E-state index in [0.717, 1.165) is 19.1 Å². The second-order valence-corrected chi connectivity index (χ2v) is 4.44. The summed E-state index contributed by atoms with van der Waals surface area (Å²) in [6.45, 7) is 3.05. The molecular weight excluding hydrogens is 170 g/mol. The van der Waals surface area contributed by atoms with Gasteiger partial charge in [-0.3, -0.25) is 0 Å². The third-order valence-electron chi connectivity index (χ3n) is 2.26. The SMILES string of the molecule is CC[C@H](COC)N[C@@H]1CCSC1. The molecular formula is C9H19NOS. The highest BCUT2D eigenvalue weighted by atomic mass is 32.2. The average molecular weight is 189 g/mol. The third kappa shape index (κ3) is 3.33. The molecule has 1 aliphatic heterocycles. The molecule has 1 rings (SSSR count). The van der Waals surface area contributed by atoms with Crippen LogP contribution in [0.15, 0.2) is 0 Å². The Balaban J connectivity index is 2.16. The van der Waals surface area contributed by atoms with E-state index >= 15 is 0 Å². The van der Waals surface area contributed by atoms with Crippen LogP contribution in [0.25, 0.3) is 0 Å². The van der Waals surface area contributed by atoms with E-state index < -0.39 is 0 Å². The largest absolute Gasteiger partial charge is 0.383 e. The van der Waals surface area contributed by atoms with Crippen LogP contribution in [0.5, 0.6) is 0 Å². The first-order valence-corrected chi connectivity index (χ1v) is 5.85. The highest BCUT2D eigenvalue weighted by Gasteiger charge is 2.17. The third-order valence-corrected chi connectivity index (χ3v) is 3.42. The first-order chi connectivity index (χ1) is 5.86. The molecule has 0 unspecified atom stereocenters. The minimum absolute atomic E-state index is 0.554. The van der Waals surface area contributed by atoms with Gasteiger partial charge in [-0.2, -0.15) is 11.8 Å². The summed E-state index contributed by atoms with van der Waals surface area (Å²) < 4.78 is 5.14. The number of ether oxygens (including phenoxy) is 1. The van der Waals surface area contributed by atoms with E-state index in [1.807, 2.05) is 11.8 Å². The summed E-state index contributed by atoms with van der Waals surface area (Å²) in [5.74, 6) is 2.60. The van der Waals surface area contributed by atoms with Gasteiger partial charge in [-0.05, 0) is 18.6 Å². The fraction of sp³-hybridized carbons (Fsp3) is 1.00. The summed E-state index contributed by atoms with van der Waals surface area (Å²) in [6.07, 6.45) is 2.49. The minimum atomic E-state index is 0.554. The zero-order valence-electron chi connectivity index (χ0n) is 8.01. The molecule has 0 aliphatic carbocycles. The Bertz CT molecular complexity index is 115. The Morgan fingerprint density at radius 3 is 3.00 bits per heavy atom. The number of methoxy groups -OCH3 is 1. The second kappa shape index (κ2) is 5.84. The molecule has 3 heteroatoms. The van der Waals surface area contributed by atoms with Crippen molar-refractivity contribution in [2.75, 3.05) is 25.2 Å². The van der Waals surface area contributed by atoms with Crippen molar-refractivity contribution in [1.29, 1.82) is 0 Å². The smallest absolute Gasteiger partial charge is 0.0615 e. The van der Waals surface area contributed by atoms with Gasteiger partial charge in [0, 0.05) is 24.9 Å². The van der Waals surface area contributed by atoms with Gasteiger partial charge in [-0.1, -0.05) is 6.92 Å². The first kappa shape index (κ1) is 10.4. The highest BCUT2D eigenvalue weighted by molar-refractivity contribution is 7.99. The molecule has 0 radical (unpaired) electrons. The topological polar surface area (TPSA) is 21.3 Å². The second-order valence-electron chi connectivity index (χ2n) is 3.29. The summed E-state index contributed by atoms with van der Waals surface area (Å²) in [6, 6.07) is 1.29. The molecule has 1 saturated heterocycles. The first-order valence-electron chi connectivity index (χ1n) is 4.69. The molecule has 0 amide bonds. The monoisotopic (exact) mass is 189 g/mol. The molecule has 2 nitrogen and oxygen atoms in total. The molecule has 0 spiro atoms. The Labute approximate surface area is 79.4 Å². The van der Waals surface area contributed by atoms with E-state index in [1.165, 1.54) is 17.9 Å². The van der Waals surface area contributed by atoms with E-state index in [9.17, 15) is 0 Å². The van der Waals surface area contributed by atoms with Crippen molar-refractivity contribution in [2.45, 2.75) is 31.8 Å². The predicted octanol–water partition coefficient (Wildman–Crippen LogP) is 1.51. The number of rotatable bonds is 5. The molecule has 0 aromatic carbocycles. The molecule has 0 aromatic heterocycles. The molecule has 12 heavy (non-hydrogen) atoms. The van der Waals surface area contributed by atoms with Crippen LogP contribution < -0.4 is 5.32 Å². The van der Waals surface area contributed by atoms with Crippen LogP contribution >= 0.6 is 11.8 Å². The van der Waals surface area contributed by atoms with E-state index in [4.69, 9.17) is 4.74 Å². The van der Waals surface area contributed by atoms with E-state index in [1.54, 1.807) is 7.11 Å².